The molecule has 1 unspecified atom stereocenters. The summed E-state index contributed by atoms with van der Waals surface area (Å²) in [6.07, 6.45) is 11.1. The molecule has 12 nitrogen and oxygen atoms in total. The molecule has 4 N–H and O–H groups in total. The molecule has 2 aliphatic heterocycles. The number of benzene rings is 1. The van der Waals surface area contributed by atoms with Gasteiger partial charge in [-0.25, -0.2) is 9.78 Å². The van der Waals surface area contributed by atoms with Gasteiger partial charge in [0.25, 0.3) is 5.91 Å². The zero-order chi connectivity index (χ0) is 35.8. The van der Waals surface area contributed by atoms with Crippen LogP contribution in [0.3, 0.4) is 0 Å². The molecule has 272 valence electrons. The number of amides is 3. The van der Waals surface area contributed by atoms with E-state index in [1.165, 1.54) is 0 Å². The van der Waals surface area contributed by atoms with Crippen molar-refractivity contribution in [2.45, 2.75) is 64.3 Å². The second-order valence-corrected chi connectivity index (χ2v) is 16.4. The summed E-state index contributed by atoms with van der Waals surface area (Å²) in [7, 11) is 0. The number of carbonyl (C=O) groups is 2. The Morgan fingerprint density at radius 3 is 2.52 bits per heavy atom. The minimum Gasteiger partial charge on any atom is -0.382 e. The minimum atomic E-state index is -0.810. The van der Waals surface area contributed by atoms with E-state index in [1.54, 1.807) is 40.0 Å². The van der Waals surface area contributed by atoms with Gasteiger partial charge in [0, 0.05) is 103 Å². The van der Waals surface area contributed by atoms with Crippen LogP contribution in [0.15, 0.2) is 54.6 Å². The molecule has 14 heteroatoms. The SMILES string of the molecule is CC(C)Nc1c(C(=O)NC2CCC(CN3CCN(c4cccc5c(N6CCC(O)NC6=O)cncc45)CC3)CC2)cnc2sc(-c3cncs3)cc12. The molecule has 5 aromatic rings. The van der Waals surface area contributed by atoms with Gasteiger partial charge in [0.05, 0.1) is 33.5 Å². The average Bonchev–Trinajstić information content (AvgIpc) is 3.84. The van der Waals surface area contributed by atoms with E-state index in [2.05, 4.69) is 67.8 Å². The van der Waals surface area contributed by atoms with Crippen molar-refractivity contribution in [1.82, 2.24) is 30.5 Å². The summed E-state index contributed by atoms with van der Waals surface area (Å²) < 4.78 is 0. The number of thiophene rings is 1. The number of nitrogens with zero attached hydrogens (tertiary/aromatic N) is 6. The van der Waals surface area contributed by atoms with Gasteiger partial charge in [0.1, 0.15) is 11.1 Å². The van der Waals surface area contributed by atoms with E-state index in [9.17, 15) is 14.7 Å². The quantitative estimate of drug-likeness (QED) is 0.141. The first-order chi connectivity index (χ1) is 25.3. The van der Waals surface area contributed by atoms with E-state index >= 15 is 0 Å². The number of hydrogen-bond acceptors (Lipinski definition) is 11. The van der Waals surface area contributed by atoms with Gasteiger partial charge in [-0.1, -0.05) is 12.1 Å². The monoisotopic (exact) mass is 739 g/mol. The molecule has 1 aromatic carbocycles. The Morgan fingerprint density at radius 2 is 1.77 bits per heavy atom. The molecule has 0 bridgehead atoms. The van der Waals surface area contributed by atoms with E-state index < -0.39 is 6.23 Å². The van der Waals surface area contributed by atoms with Crippen LogP contribution in [0.25, 0.3) is 30.7 Å². The Hall–Kier alpha value is -4.37. The van der Waals surface area contributed by atoms with Crippen LogP contribution in [0.4, 0.5) is 21.9 Å². The molecule has 1 saturated carbocycles. The number of aliphatic hydroxyl groups is 1. The van der Waals surface area contributed by atoms with Crippen LogP contribution in [0.1, 0.15) is 56.3 Å². The van der Waals surface area contributed by atoms with Crippen LogP contribution in [0.5, 0.6) is 0 Å². The second kappa shape index (κ2) is 14.9. The van der Waals surface area contributed by atoms with E-state index in [0.717, 1.165) is 106 Å². The zero-order valence-corrected chi connectivity index (χ0v) is 31.2. The van der Waals surface area contributed by atoms with Gasteiger partial charge in [-0.3, -0.25) is 24.6 Å². The maximum absolute atomic E-state index is 13.7. The summed E-state index contributed by atoms with van der Waals surface area (Å²) in [5.74, 6) is 0.557. The van der Waals surface area contributed by atoms with Crippen LogP contribution >= 0.6 is 22.7 Å². The lowest BCUT2D eigenvalue weighted by Gasteiger charge is -2.39. The number of piperazine rings is 1. The van der Waals surface area contributed by atoms with Crippen molar-refractivity contribution in [2.75, 3.05) is 54.4 Å². The van der Waals surface area contributed by atoms with Gasteiger partial charge in [-0.15, -0.1) is 22.7 Å². The molecule has 8 rings (SSSR count). The summed E-state index contributed by atoms with van der Waals surface area (Å²) in [6, 6.07) is 8.41. The van der Waals surface area contributed by atoms with Crippen molar-refractivity contribution in [1.29, 1.82) is 0 Å². The maximum Gasteiger partial charge on any atom is 0.323 e. The second-order valence-electron chi connectivity index (χ2n) is 14.5. The largest absolute Gasteiger partial charge is 0.382 e. The molecule has 3 fully saturated rings. The summed E-state index contributed by atoms with van der Waals surface area (Å²) >= 11 is 3.24. The lowest BCUT2D eigenvalue weighted by molar-refractivity contribution is 0.0916. The third-order valence-electron chi connectivity index (χ3n) is 10.5. The van der Waals surface area contributed by atoms with Gasteiger partial charge in [0.2, 0.25) is 0 Å². The lowest BCUT2D eigenvalue weighted by atomic mass is 9.85. The number of aliphatic hydroxyl groups excluding tert-OH is 1. The average molecular weight is 740 g/mol. The Balaban J connectivity index is 0.859. The molecule has 3 amide bonds. The van der Waals surface area contributed by atoms with Gasteiger partial charge in [0.15, 0.2) is 0 Å². The van der Waals surface area contributed by atoms with Crippen LogP contribution in [-0.2, 0) is 0 Å². The van der Waals surface area contributed by atoms with Crippen molar-refractivity contribution >= 4 is 72.7 Å². The fourth-order valence-corrected chi connectivity index (χ4v) is 9.60. The number of hydrogen-bond donors (Lipinski definition) is 4. The molecule has 4 aromatic heterocycles. The topological polar surface area (TPSA) is 139 Å². The maximum atomic E-state index is 13.7. The first-order valence-corrected chi connectivity index (χ1v) is 20.0. The predicted molar refractivity (Wildman–Crippen MR) is 210 cm³/mol. The van der Waals surface area contributed by atoms with Gasteiger partial charge >= 0.3 is 6.03 Å². The number of anilines is 3. The Morgan fingerprint density at radius 1 is 0.942 bits per heavy atom. The number of nitrogens with one attached hydrogen (secondary N) is 3. The van der Waals surface area contributed by atoms with Crippen molar-refractivity contribution in [2.24, 2.45) is 5.92 Å². The van der Waals surface area contributed by atoms with Gasteiger partial charge < -0.3 is 26.0 Å². The number of rotatable bonds is 9. The fraction of sp³-hybridized carbons (Fsp3) is 0.447. The van der Waals surface area contributed by atoms with Crippen molar-refractivity contribution in [3.63, 3.8) is 0 Å². The highest BCUT2D eigenvalue weighted by Crippen LogP contribution is 2.39. The Kier molecular flexibility index (Phi) is 9.97. The van der Waals surface area contributed by atoms with Gasteiger partial charge in [-0.05, 0) is 57.6 Å². The van der Waals surface area contributed by atoms with Crippen molar-refractivity contribution < 1.29 is 14.7 Å². The molecule has 1 aliphatic carbocycles. The normalized spacial score (nSPS) is 21.5. The number of fused-ring (bicyclic) bond motifs is 2. The van der Waals surface area contributed by atoms with E-state index in [4.69, 9.17) is 4.98 Å². The standard InChI is InChI=1S/C38H45N9O3S2/c1-23(2)42-35-27-16-32(33-20-40-22-51-33)52-37(27)41-18-29(35)36(49)43-25-8-6-24(7-9-25)21-45-12-14-46(15-13-45)30-5-3-4-26-28(30)17-39-19-31(26)47-11-10-34(48)44-38(47)50/h3-5,16-20,22-25,34,48H,6-15,21H2,1-2H3,(H,41,42)(H,43,49)(H,44,50). The van der Waals surface area contributed by atoms with Gasteiger partial charge in [-0.2, -0.15) is 0 Å². The summed E-state index contributed by atoms with van der Waals surface area (Å²) in [5.41, 5.74) is 5.20. The molecule has 0 spiro atoms. The fourth-order valence-electron chi connectivity index (χ4n) is 7.88. The minimum absolute atomic E-state index is 0.0589. The highest BCUT2D eigenvalue weighted by molar-refractivity contribution is 7.25. The van der Waals surface area contributed by atoms with E-state index in [-0.39, 0.29) is 24.0 Å². The lowest BCUT2D eigenvalue weighted by Crippen LogP contribution is -2.52. The Bertz CT molecular complexity index is 2050. The molecule has 52 heavy (non-hydrogen) atoms. The molecular formula is C38H45N9O3S2. The smallest absolute Gasteiger partial charge is 0.323 e. The summed E-state index contributed by atoms with van der Waals surface area (Å²) in [5, 5.41) is 22.4. The Labute approximate surface area is 311 Å². The van der Waals surface area contributed by atoms with Crippen molar-refractivity contribution in [3.8, 4) is 9.75 Å². The number of pyridine rings is 2. The van der Waals surface area contributed by atoms with E-state index in [0.29, 0.717) is 24.4 Å². The first-order valence-electron chi connectivity index (χ1n) is 18.3. The molecule has 2 saturated heterocycles. The predicted octanol–water partition coefficient (Wildman–Crippen LogP) is 6.14. The number of aromatic nitrogens is 3. The zero-order valence-electron chi connectivity index (χ0n) is 29.5. The van der Waals surface area contributed by atoms with Crippen LogP contribution in [0.2, 0.25) is 0 Å². The molecule has 6 heterocycles. The van der Waals surface area contributed by atoms with Crippen LogP contribution in [0, 0.1) is 5.92 Å². The highest BCUT2D eigenvalue weighted by atomic mass is 32.1. The van der Waals surface area contributed by atoms with Crippen LogP contribution in [-0.4, -0.2) is 94.5 Å². The third-order valence-corrected chi connectivity index (χ3v) is 12.5. The van der Waals surface area contributed by atoms with Crippen molar-refractivity contribution in [3.05, 3.63) is 60.1 Å². The first kappa shape index (κ1) is 34.7. The number of urea groups is 1. The van der Waals surface area contributed by atoms with Crippen LogP contribution < -0.4 is 25.8 Å². The van der Waals surface area contributed by atoms with E-state index in [1.807, 2.05) is 24.0 Å². The third kappa shape index (κ3) is 7.16. The molecule has 1 atom stereocenters. The number of thiazole rings is 1. The molecular weight excluding hydrogens is 695 g/mol. The highest BCUT2D eigenvalue weighted by Gasteiger charge is 2.29. The number of carbonyl (C=O) groups excluding carboxylic acids is 2. The summed E-state index contributed by atoms with van der Waals surface area (Å²) in [6.45, 7) is 9.53. The molecule has 0 radical (unpaired) electrons. The summed E-state index contributed by atoms with van der Waals surface area (Å²) in [4.78, 5) is 49.6. The molecule has 3 aliphatic rings.